The molecule has 1 amide bonds. The number of fused-ring (bicyclic) bond motifs is 1. The van der Waals surface area contributed by atoms with E-state index in [4.69, 9.17) is 0 Å². The number of aromatic amines is 1. The molecule has 4 heteroatoms. The van der Waals surface area contributed by atoms with Gasteiger partial charge in [0, 0.05) is 17.1 Å². The van der Waals surface area contributed by atoms with Gasteiger partial charge < -0.3 is 4.98 Å². The zero-order valence-corrected chi connectivity index (χ0v) is 13.2. The Bertz CT molecular complexity index is 780. The van der Waals surface area contributed by atoms with Crippen LogP contribution in [0.5, 0.6) is 0 Å². The number of carbonyl (C=O) groups excluding carboxylic acids is 1. The number of hydrogen-bond acceptors (Lipinski definition) is 2. The lowest BCUT2D eigenvalue weighted by Crippen LogP contribution is -2.25. The average molecular weight is 295 g/mol. The van der Waals surface area contributed by atoms with E-state index >= 15 is 0 Å². The lowest BCUT2D eigenvalue weighted by Gasteiger charge is -2.29. The highest BCUT2D eigenvalue weighted by atomic mass is 16.2. The normalized spacial score (nSPS) is 19.2. The smallest absolute Gasteiger partial charge is 0.273 e. The fourth-order valence-electron chi connectivity index (χ4n) is 3.21. The van der Waals surface area contributed by atoms with Crippen LogP contribution in [0.4, 0.5) is 0 Å². The second kappa shape index (κ2) is 5.44. The summed E-state index contributed by atoms with van der Waals surface area (Å²) in [5.74, 6) is -0.181. The minimum absolute atomic E-state index is 0.181. The van der Waals surface area contributed by atoms with Crippen LogP contribution in [0.3, 0.4) is 0 Å². The largest absolute Gasteiger partial charge is 0.360 e. The number of para-hydroxylation sites is 1. The predicted octanol–water partition coefficient (Wildman–Crippen LogP) is 4.02. The van der Waals surface area contributed by atoms with Gasteiger partial charge in [0.1, 0.15) is 0 Å². The van der Waals surface area contributed by atoms with Crippen LogP contribution in [0.2, 0.25) is 0 Å². The molecule has 0 fully saturated rings. The third-order valence-electron chi connectivity index (χ3n) is 3.96. The summed E-state index contributed by atoms with van der Waals surface area (Å²) in [5, 5.41) is 5.23. The first-order valence-electron chi connectivity index (χ1n) is 7.55. The van der Waals surface area contributed by atoms with Crippen LogP contribution in [-0.2, 0) is 0 Å². The van der Waals surface area contributed by atoms with Gasteiger partial charge in [0.05, 0.1) is 11.3 Å². The summed E-state index contributed by atoms with van der Waals surface area (Å²) in [6.07, 6.45) is 5.74. The molecular weight excluding hydrogens is 274 g/mol. The number of H-pyrrole nitrogens is 1. The summed E-state index contributed by atoms with van der Waals surface area (Å²) in [5.41, 5.74) is 6.70. The Hall–Kier alpha value is -2.36. The minimum atomic E-state index is -0.181. The number of allylic oxidation sites excluding steroid dienone is 2. The first kappa shape index (κ1) is 14.6. The molecule has 2 aromatic rings. The maximum Gasteiger partial charge on any atom is 0.273 e. The molecule has 0 aliphatic heterocycles. The molecule has 1 aromatic heterocycles. The Kier molecular flexibility index (Phi) is 3.61. The van der Waals surface area contributed by atoms with Gasteiger partial charge in [-0.25, -0.2) is 5.43 Å². The lowest BCUT2D eigenvalue weighted by molar-refractivity contribution is 0.0956. The first-order chi connectivity index (χ1) is 10.4. The molecule has 0 unspecified atom stereocenters. The standard InChI is InChI=1S/C18H21N3O/c1-12-8-13(10-18(2,3)9-12)20-21-17(22)15-11-19-16-7-5-4-6-14(15)16/h4-8,11,19H,9-10H2,1-3H3,(H,21,22). The van der Waals surface area contributed by atoms with E-state index < -0.39 is 0 Å². The average Bonchev–Trinajstić information content (AvgIpc) is 2.86. The topological polar surface area (TPSA) is 57.2 Å². The van der Waals surface area contributed by atoms with E-state index in [1.54, 1.807) is 6.20 Å². The van der Waals surface area contributed by atoms with Gasteiger partial charge in [-0.05, 0) is 37.3 Å². The highest BCUT2D eigenvalue weighted by Gasteiger charge is 2.24. The van der Waals surface area contributed by atoms with Crippen molar-refractivity contribution in [3.05, 3.63) is 47.7 Å². The molecule has 0 atom stereocenters. The van der Waals surface area contributed by atoms with Gasteiger partial charge in [-0.15, -0.1) is 0 Å². The van der Waals surface area contributed by atoms with Crippen LogP contribution in [-0.4, -0.2) is 16.6 Å². The van der Waals surface area contributed by atoms with Gasteiger partial charge in [-0.2, -0.15) is 5.10 Å². The number of nitrogens with one attached hydrogen (secondary N) is 2. The van der Waals surface area contributed by atoms with Crippen molar-refractivity contribution in [3.63, 3.8) is 0 Å². The van der Waals surface area contributed by atoms with Crippen LogP contribution in [0.25, 0.3) is 10.9 Å². The molecule has 1 aliphatic rings. The number of hydrazone groups is 1. The molecule has 0 saturated heterocycles. The zero-order chi connectivity index (χ0) is 15.7. The van der Waals surface area contributed by atoms with Crippen molar-refractivity contribution in [2.75, 3.05) is 0 Å². The summed E-state index contributed by atoms with van der Waals surface area (Å²) in [6, 6.07) is 7.75. The molecule has 114 valence electrons. The summed E-state index contributed by atoms with van der Waals surface area (Å²) in [6.45, 7) is 6.55. The van der Waals surface area contributed by atoms with Crippen LogP contribution >= 0.6 is 0 Å². The van der Waals surface area contributed by atoms with E-state index in [9.17, 15) is 4.79 Å². The Morgan fingerprint density at radius 1 is 1.27 bits per heavy atom. The third kappa shape index (κ3) is 2.96. The summed E-state index contributed by atoms with van der Waals surface area (Å²) >= 11 is 0. The number of carbonyl (C=O) groups is 1. The van der Waals surface area contributed by atoms with Gasteiger partial charge in [-0.1, -0.05) is 37.6 Å². The summed E-state index contributed by atoms with van der Waals surface area (Å²) < 4.78 is 0. The van der Waals surface area contributed by atoms with Gasteiger partial charge >= 0.3 is 0 Å². The molecule has 0 saturated carbocycles. The number of benzene rings is 1. The predicted molar refractivity (Wildman–Crippen MR) is 90.0 cm³/mol. The molecule has 3 rings (SSSR count). The maximum atomic E-state index is 12.3. The van der Waals surface area contributed by atoms with Crippen LogP contribution in [0.1, 0.15) is 44.0 Å². The molecule has 2 N–H and O–H groups in total. The molecule has 0 spiro atoms. The number of rotatable bonds is 2. The molecule has 22 heavy (non-hydrogen) atoms. The van der Waals surface area contributed by atoms with Crippen molar-refractivity contribution in [3.8, 4) is 0 Å². The lowest BCUT2D eigenvalue weighted by atomic mass is 9.77. The van der Waals surface area contributed by atoms with Crippen molar-refractivity contribution in [2.45, 2.75) is 33.6 Å². The van der Waals surface area contributed by atoms with Gasteiger partial charge in [0.25, 0.3) is 5.91 Å². The molecule has 0 bridgehead atoms. The molecule has 1 heterocycles. The Morgan fingerprint density at radius 2 is 2.05 bits per heavy atom. The quantitative estimate of drug-likeness (QED) is 0.808. The van der Waals surface area contributed by atoms with Crippen molar-refractivity contribution in [1.29, 1.82) is 0 Å². The first-order valence-corrected chi connectivity index (χ1v) is 7.55. The number of nitrogens with zero attached hydrogens (tertiary/aromatic N) is 1. The fraction of sp³-hybridized carbons (Fsp3) is 0.333. The summed E-state index contributed by atoms with van der Waals surface area (Å²) in [4.78, 5) is 15.5. The van der Waals surface area contributed by atoms with Gasteiger partial charge in [0.2, 0.25) is 0 Å². The van der Waals surface area contributed by atoms with Crippen molar-refractivity contribution in [2.24, 2.45) is 10.5 Å². The zero-order valence-electron chi connectivity index (χ0n) is 13.2. The highest BCUT2D eigenvalue weighted by molar-refractivity contribution is 6.07. The second-order valence-corrected chi connectivity index (χ2v) is 6.80. The summed E-state index contributed by atoms with van der Waals surface area (Å²) in [7, 11) is 0. The Labute approximate surface area is 130 Å². The number of aromatic nitrogens is 1. The Balaban J connectivity index is 1.80. The van der Waals surface area contributed by atoms with Gasteiger partial charge in [0.15, 0.2) is 0 Å². The van der Waals surface area contributed by atoms with E-state index in [1.807, 2.05) is 24.3 Å². The number of hydrogen-bond donors (Lipinski definition) is 2. The van der Waals surface area contributed by atoms with Gasteiger partial charge in [-0.3, -0.25) is 4.79 Å². The van der Waals surface area contributed by atoms with Crippen LogP contribution < -0.4 is 5.43 Å². The van der Waals surface area contributed by atoms with E-state index in [1.165, 1.54) is 5.57 Å². The molecule has 1 aromatic carbocycles. The molecule has 4 nitrogen and oxygen atoms in total. The van der Waals surface area contributed by atoms with Crippen LogP contribution in [0, 0.1) is 5.41 Å². The molecule has 0 radical (unpaired) electrons. The van der Waals surface area contributed by atoms with Crippen molar-refractivity contribution in [1.82, 2.24) is 10.4 Å². The fourth-order valence-corrected chi connectivity index (χ4v) is 3.21. The van der Waals surface area contributed by atoms with E-state index in [0.717, 1.165) is 29.5 Å². The SMILES string of the molecule is CC1=CC(=NNC(=O)c2c[nH]c3ccccc23)CC(C)(C)C1. The Morgan fingerprint density at radius 3 is 2.82 bits per heavy atom. The van der Waals surface area contributed by atoms with E-state index in [0.29, 0.717) is 5.56 Å². The van der Waals surface area contributed by atoms with E-state index in [2.05, 4.69) is 42.4 Å². The van der Waals surface area contributed by atoms with Crippen LogP contribution in [0.15, 0.2) is 47.2 Å². The third-order valence-corrected chi connectivity index (χ3v) is 3.96. The molecular formula is C18H21N3O. The van der Waals surface area contributed by atoms with Crippen molar-refractivity contribution < 1.29 is 4.79 Å². The second-order valence-electron chi connectivity index (χ2n) is 6.80. The molecule has 1 aliphatic carbocycles. The minimum Gasteiger partial charge on any atom is -0.360 e. The maximum absolute atomic E-state index is 12.3. The highest BCUT2D eigenvalue weighted by Crippen LogP contribution is 2.33. The monoisotopic (exact) mass is 295 g/mol. The van der Waals surface area contributed by atoms with E-state index in [-0.39, 0.29) is 11.3 Å². The van der Waals surface area contributed by atoms with Crippen molar-refractivity contribution >= 4 is 22.5 Å². The number of amides is 1.